The lowest BCUT2D eigenvalue weighted by Gasteiger charge is -2.34. The van der Waals surface area contributed by atoms with E-state index in [0.29, 0.717) is 16.5 Å². The van der Waals surface area contributed by atoms with Crippen LogP contribution in [0, 0.1) is 0 Å². The molecule has 9 heteroatoms. The highest BCUT2D eigenvalue weighted by atomic mass is 35.5. The zero-order valence-electron chi connectivity index (χ0n) is 17.5. The van der Waals surface area contributed by atoms with Crippen LogP contribution in [-0.2, 0) is 16.1 Å². The van der Waals surface area contributed by atoms with Gasteiger partial charge in [-0.25, -0.2) is 4.99 Å². The molecule has 8 nitrogen and oxygen atoms in total. The maximum Gasteiger partial charge on any atom is 0.256 e. The summed E-state index contributed by atoms with van der Waals surface area (Å²) in [7, 11) is 0. The molecule has 164 valence electrons. The molecule has 1 heterocycles. The first-order valence-corrected chi connectivity index (χ1v) is 10.2. The molecular weight excluding hydrogens is 420 g/mol. The maximum atomic E-state index is 13.1. The second-order valence-corrected chi connectivity index (χ2v) is 7.85. The molecule has 0 spiro atoms. The standard InChI is InChI=1S/C22H25ClN4O4/c1-13(2)31-18-10-8-17(9-11-18)25-22-26-20(29)19(24-14(3)28)21(30)27(22)12-15-4-6-16(23)7-5-15/h4-11,13,19-20,29H,12H2,1-3H3,(H,24,28)(H,25,26). The van der Waals surface area contributed by atoms with Gasteiger partial charge in [0.05, 0.1) is 12.6 Å². The van der Waals surface area contributed by atoms with Gasteiger partial charge in [0.25, 0.3) is 5.91 Å². The van der Waals surface area contributed by atoms with Crippen molar-refractivity contribution in [3.63, 3.8) is 0 Å². The predicted molar refractivity (Wildman–Crippen MR) is 119 cm³/mol. The minimum atomic E-state index is -1.41. The maximum absolute atomic E-state index is 13.1. The predicted octanol–water partition coefficient (Wildman–Crippen LogP) is 2.76. The largest absolute Gasteiger partial charge is 0.491 e. The number of nitrogens with zero attached hydrogens (tertiary/aromatic N) is 2. The number of hydrogen-bond acceptors (Lipinski definition) is 6. The number of hydrogen-bond donors (Lipinski definition) is 3. The van der Waals surface area contributed by atoms with Gasteiger partial charge in [-0.05, 0) is 55.8 Å². The Hall–Kier alpha value is -3.10. The molecule has 2 atom stereocenters. The summed E-state index contributed by atoms with van der Waals surface area (Å²) in [4.78, 5) is 30.2. The Balaban J connectivity index is 1.87. The quantitative estimate of drug-likeness (QED) is 0.635. The van der Waals surface area contributed by atoms with E-state index in [-0.39, 0.29) is 18.6 Å². The second kappa shape index (κ2) is 9.80. The summed E-state index contributed by atoms with van der Waals surface area (Å²) in [5.41, 5.74) is 1.47. The number of amides is 2. The molecule has 2 aromatic rings. The summed E-state index contributed by atoms with van der Waals surface area (Å²) in [6.45, 7) is 5.34. The first kappa shape index (κ1) is 22.6. The SMILES string of the molecule is CC(=O)NC1C(=O)N(Cc2ccc(Cl)cc2)C(Nc2ccc(OC(C)C)cc2)=NC1O. The number of aliphatic imine (C=N–C) groups is 1. The summed E-state index contributed by atoms with van der Waals surface area (Å²) in [6.07, 6.45) is -1.36. The number of aliphatic hydroxyl groups is 1. The number of rotatable bonds is 6. The fourth-order valence-electron chi connectivity index (χ4n) is 3.07. The number of carbonyl (C=O) groups excluding carboxylic acids is 2. The van der Waals surface area contributed by atoms with Crippen LogP contribution >= 0.6 is 11.6 Å². The second-order valence-electron chi connectivity index (χ2n) is 7.41. The van der Waals surface area contributed by atoms with E-state index in [1.54, 1.807) is 48.5 Å². The minimum absolute atomic E-state index is 0.0508. The van der Waals surface area contributed by atoms with Crippen molar-refractivity contribution in [2.24, 2.45) is 4.99 Å². The van der Waals surface area contributed by atoms with Gasteiger partial charge in [-0.15, -0.1) is 0 Å². The monoisotopic (exact) mass is 444 g/mol. The van der Waals surface area contributed by atoms with Crippen LogP contribution in [0.2, 0.25) is 5.02 Å². The van der Waals surface area contributed by atoms with E-state index in [4.69, 9.17) is 16.3 Å². The molecule has 0 fully saturated rings. The number of benzene rings is 2. The van der Waals surface area contributed by atoms with Crippen LogP contribution in [0.1, 0.15) is 26.3 Å². The van der Waals surface area contributed by atoms with Gasteiger partial charge >= 0.3 is 0 Å². The van der Waals surface area contributed by atoms with Crippen LogP contribution in [0.3, 0.4) is 0 Å². The normalized spacial score (nSPS) is 18.6. The van der Waals surface area contributed by atoms with Crippen LogP contribution in [0.4, 0.5) is 5.69 Å². The number of aliphatic hydroxyl groups excluding tert-OH is 1. The number of carbonyl (C=O) groups is 2. The van der Waals surface area contributed by atoms with Crippen molar-refractivity contribution >= 4 is 35.1 Å². The zero-order chi connectivity index (χ0) is 22.5. The molecule has 2 unspecified atom stereocenters. The fraction of sp³-hybridized carbons (Fsp3) is 0.318. The molecular formula is C22H25ClN4O4. The van der Waals surface area contributed by atoms with Crippen LogP contribution < -0.4 is 15.4 Å². The molecule has 0 aromatic heterocycles. The lowest BCUT2D eigenvalue weighted by atomic mass is 10.1. The van der Waals surface area contributed by atoms with Gasteiger partial charge in [-0.1, -0.05) is 23.7 Å². The highest BCUT2D eigenvalue weighted by Gasteiger charge is 2.38. The van der Waals surface area contributed by atoms with Crippen LogP contribution in [-0.4, -0.2) is 46.2 Å². The van der Waals surface area contributed by atoms with Gasteiger partial charge in [-0.2, -0.15) is 0 Å². The molecule has 3 N–H and O–H groups in total. The molecule has 0 aliphatic carbocycles. The summed E-state index contributed by atoms with van der Waals surface area (Å²) in [5.74, 6) is -0.0244. The Morgan fingerprint density at radius 3 is 2.42 bits per heavy atom. The molecule has 1 aliphatic rings. The number of ether oxygens (including phenoxy) is 1. The average Bonchev–Trinajstić information content (AvgIpc) is 2.70. The highest BCUT2D eigenvalue weighted by molar-refractivity contribution is 6.30. The summed E-state index contributed by atoms with van der Waals surface area (Å²) in [5, 5.41) is 16.5. The Bertz CT molecular complexity index is 960. The highest BCUT2D eigenvalue weighted by Crippen LogP contribution is 2.21. The van der Waals surface area contributed by atoms with Gasteiger partial charge in [-0.3, -0.25) is 14.5 Å². The first-order valence-electron chi connectivity index (χ1n) is 9.85. The van der Waals surface area contributed by atoms with Gasteiger partial charge in [0.15, 0.2) is 12.3 Å². The smallest absolute Gasteiger partial charge is 0.256 e. The van der Waals surface area contributed by atoms with Crippen molar-refractivity contribution in [2.75, 3.05) is 5.32 Å². The minimum Gasteiger partial charge on any atom is -0.491 e. The Morgan fingerprint density at radius 1 is 1.19 bits per heavy atom. The third-order valence-corrected chi connectivity index (χ3v) is 4.69. The molecule has 0 saturated heterocycles. The lowest BCUT2D eigenvalue weighted by Crippen LogP contribution is -2.59. The Kier molecular flexibility index (Phi) is 7.14. The van der Waals surface area contributed by atoms with E-state index in [9.17, 15) is 14.7 Å². The Morgan fingerprint density at radius 2 is 1.84 bits per heavy atom. The third kappa shape index (κ3) is 5.96. The van der Waals surface area contributed by atoms with E-state index < -0.39 is 24.1 Å². The first-order chi connectivity index (χ1) is 14.7. The van der Waals surface area contributed by atoms with Gasteiger partial charge in [0.2, 0.25) is 11.9 Å². The van der Waals surface area contributed by atoms with Gasteiger partial charge in [0.1, 0.15) is 5.75 Å². The molecule has 1 aliphatic heterocycles. The van der Waals surface area contributed by atoms with Crippen molar-refractivity contribution in [3.05, 3.63) is 59.1 Å². The van der Waals surface area contributed by atoms with E-state index in [0.717, 1.165) is 5.56 Å². The molecule has 0 radical (unpaired) electrons. The molecule has 2 amide bonds. The molecule has 0 saturated carbocycles. The number of nitrogens with one attached hydrogen (secondary N) is 2. The molecule has 2 aromatic carbocycles. The Labute approximate surface area is 185 Å². The van der Waals surface area contributed by atoms with Crippen molar-refractivity contribution < 1.29 is 19.4 Å². The van der Waals surface area contributed by atoms with E-state index in [1.165, 1.54) is 11.8 Å². The number of guanidine groups is 1. The number of halogens is 1. The van der Waals surface area contributed by atoms with Crippen molar-refractivity contribution in [1.29, 1.82) is 0 Å². The summed E-state index contributed by atoms with van der Waals surface area (Å²) >= 11 is 5.96. The zero-order valence-corrected chi connectivity index (χ0v) is 18.3. The third-order valence-electron chi connectivity index (χ3n) is 4.44. The fourth-order valence-corrected chi connectivity index (χ4v) is 3.19. The molecule has 0 bridgehead atoms. The molecule has 3 rings (SSSR count). The topological polar surface area (TPSA) is 103 Å². The van der Waals surface area contributed by atoms with Crippen LogP contribution in [0.25, 0.3) is 0 Å². The lowest BCUT2D eigenvalue weighted by molar-refractivity contribution is -0.137. The number of anilines is 1. The van der Waals surface area contributed by atoms with Gasteiger partial charge in [0, 0.05) is 17.6 Å². The van der Waals surface area contributed by atoms with Crippen molar-refractivity contribution in [3.8, 4) is 5.75 Å². The summed E-state index contributed by atoms with van der Waals surface area (Å²) < 4.78 is 5.64. The van der Waals surface area contributed by atoms with Gasteiger partial charge < -0.3 is 20.5 Å². The van der Waals surface area contributed by atoms with Crippen molar-refractivity contribution in [2.45, 2.75) is 45.7 Å². The average molecular weight is 445 g/mol. The van der Waals surface area contributed by atoms with E-state index in [2.05, 4.69) is 15.6 Å². The summed E-state index contributed by atoms with van der Waals surface area (Å²) in [6, 6.07) is 13.0. The van der Waals surface area contributed by atoms with Crippen molar-refractivity contribution in [1.82, 2.24) is 10.2 Å². The van der Waals surface area contributed by atoms with Crippen LogP contribution in [0.15, 0.2) is 53.5 Å². The molecule has 31 heavy (non-hydrogen) atoms. The van der Waals surface area contributed by atoms with Crippen LogP contribution in [0.5, 0.6) is 5.75 Å². The van der Waals surface area contributed by atoms with E-state index in [1.807, 2.05) is 13.8 Å². The van der Waals surface area contributed by atoms with E-state index >= 15 is 0 Å².